The number of anilines is 1. The molecule has 6 nitrogen and oxygen atoms in total. The monoisotopic (exact) mass is 365 g/mol. The second-order valence-corrected chi connectivity index (χ2v) is 8.08. The maximum Gasteiger partial charge on any atom is 0.225 e. The van der Waals surface area contributed by atoms with Crippen molar-refractivity contribution >= 4 is 11.9 Å². The molecule has 27 heavy (non-hydrogen) atoms. The smallest absolute Gasteiger partial charge is 0.225 e. The third-order valence-electron chi connectivity index (χ3n) is 5.79. The average molecular weight is 365 g/mol. The Labute approximate surface area is 160 Å². The first kappa shape index (κ1) is 17.9. The number of aryl methyl sites for hydroxylation is 2. The van der Waals surface area contributed by atoms with Crippen molar-refractivity contribution in [3.63, 3.8) is 0 Å². The minimum atomic E-state index is 0.139. The molecular weight excluding hydrogens is 338 g/mol. The number of hydrogen-bond donors (Lipinski definition) is 0. The van der Waals surface area contributed by atoms with Gasteiger partial charge in [-0.05, 0) is 56.9 Å². The Bertz CT molecular complexity index is 804. The van der Waals surface area contributed by atoms with E-state index in [1.54, 1.807) is 12.4 Å². The zero-order chi connectivity index (χ0) is 18.9. The number of piperidine rings is 2. The molecule has 1 spiro atoms. The lowest BCUT2D eigenvalue weighted by Crippen LogP contribution is -2.54. The van der Waals surface area contributed by atoms with Crippen molar-refractivity contribution in [2.24, 2.45) is 5.41 Å². The second kappa shape index (κ2) is 7.25. The van der Waals surface area contributed by atoms with Crippen LogP contribution in [0.4, 0.5) is 5.95 Å². The Morgan fingerprint density at radius 1 is 1.07 bits per heavy atom. The van der Waals surface area contributed by atoms with Gasteiger partial charge in [-0.15, -0.1) is 0 Å². The number of rotatable bonds is 3. The van der Waals surface area contributed by atoms with E-state index < -0.39 is 0 Å². The topological polar surface area (TPSA) is 62.2 Å². The van der Waals surface area contributed by atoms with E-state index in [1.807, 2.05) is 36.9 Å². The van der Waals surface area contributed by atoms with E-state index in [0.717, 1.165) is 61.8 Å². The van der Waals surface area contributed by atoms with Crippen molar-refractivity contribution in [1.82, 2.24) is 19.9 Å². The van der Waals surface area contributed by atoms with Crippen LogP contribution in [0.5, 0.6) is 0 Å². The Morgan fingerprint density at radius 3 is 2.56 bits per heavy atom. The number of amides is 1. The van der Waals surface area contributed by atoms with Crippen molar-refractivity contribution < 1.29 is 4.79 Å². The van der Waals surface area contributed by atoms with Crippen molar-refractivity contribution in [2.75, 3.05) is 24.5 Å². The largest absolute Gasteiger partial charge is 0.340 e. The Morgan fingerprint density at radius 2 is 1.81 bits per heavy atom. The van der Waals surface area contributed by atoms with Gasteiger partial charge in [-0.2, -0.15) is 0 Å². The predicted molar refractivity (Wildman–Crippen MR) is 104 cm³/mol. The molecule has 0 unspecified atom stereocenters. The molecule has 6 heteroatoms. The fourth-order valence-corrected chi connectivity index (χ4v) is 4.52. The molecule has 0 saturated carbocycles. The van der Waals surface area contributed by atoms with Gasteiger partial charge in [0.05, 0.1) is 0 Å². The highest BCUT2D eigenvalue weighted by molar-refractivity contribution is 5.77. The highest BCUT2D eigenvalue weighted by Gasteiger charge is 2.42. The van der Waals surface area contributed by atoms with Crippen LogP contribution in [-0.4, -0.2) is 45.4 Å². The first-order chi connectivity index (χ1) is 13.0. The van der Waals surface area contributed by atoms with Crippen molar-refractivity contribution in [2.45, 2.75) is 46.1 Å². The van der Waals surface area contributed by atoms with Gasteiger partial charge in [0.1, 0.15) is 0 Å². The summed E-state index contributed by atoms with van der Waals surface area (Å²) in [5.41, 5.74) is 3.30. The van der Waals surface area contributed by atoms with E-state index in [-0.39, 0.29) is 11.3 Å². The van der Waals surface area contributed by atoms with E-state index in [2.05, 4.69) is 19.9 Å². The van der Waals surface area contributed by atoms with Crippen LogP contribution in [-0.2, 0) is 11.3 Å². The SMILES string of the molecule is Cc1cc(C)nc(N2CCC[C@]3(CCC(=O)N(Cc4ccncc4)C3)C2)n1. The van der Waals surface area contributed by atoms with Crippen molar-refractivity contribution in [3.8, 4) is 0 Å². The predicted octanol–water partition coefficient (Wildman–Crippen LogP) is 2.90. The number of aromatic nitrogens is 3. The molecule has 2 fully saturated rings. The fourth-order valence-electron chi connectivity index (χ4n) is 4.52. The van der Waals surface area contributed by atoms with Gasteiger partial charge in [-0.25, -0.2) is 9.97 Å². The number of hydrogen-bond acceptors (Lipinski definition) is 5. The highest BCUT2D eigenvalue weighted by Crippen LogP contribution is 2.40. The molecule has 0 bridgehead atoms. The lowest BCUT2D eigenvalue weighted by molar-refractivity contribution is -0.138. The number of nitrogens with zero attached hydrogens (tertiary/aromatic N) is 5. The van der Waals surface area contributed by atoms with Gasteiger partial charge < -0.3 is 9.80 Å². The Kier molecular flexibility index (Phi) is 4.81. The molecule has 0 aliphatic carbocycles. The summed E-state index contributed by atoms with van der Waals surface area (Å²) in [4.78, 5) is 30.3. The summed E-state index contributed by atoms with van der Waals surface area (Å²) < 4.78 is 0. The van der Waals surface area contributed by atoms with E-state index in [0.29, 0.717) is 13.0 Å². The van der Waals surface area contributed by atoms with Gasteiger partial charge in [-0.3, -0.25) is 9.78 Å². The Balaban J connectivity index is 1.52. The first-order valence-corrected chi connectivity index (χ1v) is 9.77. The summed E-state index contributed by atoms with van der Waals surface area (Å²) in [6.45, 7) is 7.44. The minimum absolute atomic E-state index is 0.139. The summed E-state index contributed by atoms with van der Waals surface area (Å²) in [7, 11) is 0. The van der Waals surface area contributed by atoms with E-state index in [4.69, 9.17) is 0 Å². The Hall–Kier alpha value is -2.50. The molecule has 2 aromatic rings. The van der Waals surface area contributed by atoms with Crippen LogP contribution in [0.15, 0.2) is 30.6 Å². The third-order valence-corrected chi connectivity index (χ3v) is 5.79. The summed E-state index contributed by atoms with van der Waals surface area (Å²) in [6, 6.07) is 6.00. The summed E-state index contributed by atoms with van der Waals surface area (Å²) in [5, 5.41) is 0. The number of carbonyl (C=O) groups is 1. The van der Waals surface area contributed by atoms with Crippen LogP contribution in [0.3, 0.4) is 0 Å². The normalized spacial score (nSPS) is 23.1. The van der Waals surface area contributed by atoms with Crippen LogP contribution in [0.1, 0.15) is 42.6 Å². The fraction of sp³-hybridized carbons (Fsp3) is 0.524. The van der Waals surface area contributed by atoms with Gasteiger partial charge in [0, 0.05) is 61.8 Å². The highest BCUT2D eigenvalue weighted by atomic mass is 16.2. The molecule has 2 saturated heterocycles. The number of pyridine rings is 1. The van der Waals surface area contributed by atoms with Gasteiger partial charge in [-0.1, -0.05) is 0 Å². The number of carbonyl (C=O) groups excluding carboxylic acids is 1. The van der Waals surface area contributed by atoms with E-state index >= 15 is 0 Å². The maximum absolute atomic E-state index is 12.5. The molecule has 0 aromatic carbocycles. The van der Waals surface area contributed by atoms with Gasteiger partial charge in [0.2, 0.25) is 11.9 Å². The van der Waals surface area contributed by atoms with Crippen LogP contribution >= 0.6 is 0 Å². The summed E-state index contributed by atoms with van der Waals surface area (Å²) in [6.07, 6.45) is 7.45. The molecular formula is C21H27N5O. The average Bonchev–Trinajstić information content (AvgIpc) is 2.65. The van der Waals surface area contributed by atoms with E-state index in [9.17, 15) is 4.79 Å². The van der Waals surface area contributed by atoms with Gasteiger partial charge in [0.25, 0.3) is 0 Å². The van der Waals surface area contributed by atoms with Crippen molar-refractivity contribution in [3.05, 3.63) is 47.5 Å². The zero-order valence-electron chi connectivity index (χ0n) is 16.2. The summed E-state index contributed by atoms with van der Waals surface area (Å²) >= 11 is 0. The summed E-state index contributed by atoms with van der Waals surface area (Å²) in [5.74, 6) is 1.10. The molecule has 2 aliphatic rings. The second-order valence-electron chi connectivity index (χ2n) is 8.08. The van der Waals surface area contributed by atoms with Crippen LogP contribution in [0.25, 0.3) is 0 Å². The molecule has 0 N–H and O–H groups in total. The molecule has 2 aromatic heterocycles. The van der Waals surface area contributed by atoms with Crippen LogP contribution < -0.4 is 4.90 Å². The standard InChI is InChI=1S/C21H27N5O/c1-16-12-17(2)24-20(23-16)25-11-3-7-21(14-25)8-4-19(27)26(15-21)13-18-5-9-22-10-6-18/h5-6,9-10,12H,3-4,7-8,11,13-15H2,1-2H3/t21-/m0/s1. The molecule has 4 rings (SSSR count). The maximum atomic E-state index is 12.5. The molecule has 1 amide bonds. The lowest BCUT2D eigenvalue weighted by Gasteiger charge is -2.48. The molecule has 142 valence electrons. The first-order valence-electron chi connectivity index (χ1n) is 9.77. The van der Waals surface area contributed by atoms with Crippen LogP contribution in [0.2, 0.25) is 0 Å². The molecule has 0 radical (unpaired) electrons. The minimum Gasteiger partial charge on any atom is -0.340 e. The molecule has 2 aliphatic heterocycles. The van der Waals surface area contributed by atoms with Gasteiger partial charge >= 0.3 is 0 Å². The van der Waals surface area contributed by atoms with Crippen LogP contribution in [0, 0.1) is 19.3 Å². The quantitative estimate of drug-likeness (QED) is 0.837. The number of likely N-dealkylation sites (tertiary alicyclic amines) is 1. The molecule has 4 heterocycles. The van der Waals surface area contributed by atoms with Gasteiger partial charge in [0.15, 0.2) is 0 Å². The lowest BCUT2D eigenvalue weighted by atomic mass is 9.73. The molecule has 1 atom stereocenters. The zero-order valence-corrected chi connectivity index (χ0v) is 16.2. The third kappa shape index (κ3) is 3.94. The van der Waals surface area contributed by atoms with E-state index in [1.165, 1.54) is 0 Å². The van der Waals surface area contributed by atoms with Crippen molar-refractivity contribution in [1.29, 1.82) is 0 Å².